The first-order valence-electron chi connectivity index (χ1n) is 6.60. The zero-order valence-corrected chi connectivity index (χ0v) is 14.6. The molecule has 0 unspecified atom stereocenters. The highest BCUT2D eigenvalue weighted by Gasteiger charge is 2.21. The second kappa shape index (κ2) is 7.49. The minimum Gasteiger partial charge on any atom is -0.319 e. The van der Waals surface area contributed by atoms with E-state index >= 15 is 0 Å². The molecule has 1 heterocycles. The number of nitrogens with zero attached hydrogens (tertiary/aromatic N) is 2. The second-order valence-electron chi connectivity index (χ2n) is 4.86. The number of aromatic nitrogens is 1. The Morgan fingerprint density at radius 2 is 2.08 bits per heavy atom. The predicted octanol–water partition coefficient (Wildman–Crippen LogP) is 2.31. The minimum atomic E-state index is -3.72. The van der Waals surface area contributed by atoms with Crippen LogP contribution in [0.2, 0.25) is 0 Å². The van der Waals surface area contributed by atoms with Crippen molar-refractivity contribution in [2.75, 3.05) is 11.1 Å². The molecule has 0 spiro atoms. The standard InChI is InChI=1S/C14H12BrN3O5S/c15-11-3-1-2-10(6-11)8-24(22,23)9-14(19)17-12-4-5-16-7-13(12)18(20)21/h1-7H,8-9H2,(H,16,17,19). The Balaban J connectivity index is 2.08. The average Bonchev–Trinajstić information content (AvgIpc) is 2.46. The molecule has 2 rings (SSSR count). The van der Waals surface area contributed by atoms with E-state index in [2.05, 4.69) is 26.2 Å². The summed E-state index contributed by atoms with van der Waals surface area (Å²) >= 11 is 3.24. The van der Waals surface area contributed by atoms with Crippen LogP contribution in [0.4, 0.5) is 11.4 Å². The fraction of sp³-hybridized carbons (Fsp3) is 0.143. The lowest BCUT2D eigenvalue weighted by molar-refractivity contribution is -0.384. The van der Waals surface area contributed by atoms with E-state index in [0.29, 0.717) is 5.56 Å². The summed E-state index contributed by atoms with van der Waals surface area (Å²) in [4.78, 5) is 25.7. The molecule has 1 aromatic carbocycles. The van der Waals surface area contributed by atoms with Gasteiger partial charge in [0.15, 0.2) is 9.84 Å². The van der Waals surface area contributed by atoms with Crippen molar-refractivity contribution >= 4 is 43.0 Å². The number of rotatable bonds is 6. The Bertz CT molecular complexity index is 885. The normalized spacial score (nSPS) is 11.0. The number of benzene rings is 1. The zero-order valence-electron chi connectivity index (χ0n) is 12.2. The molecule has 10 heteroatoms. The van der Waals surface area contributed by atoms with Gasteiger partial charge in [-0.25, -0.2) is 8.42 Å². The van der Waals surface area contributed by atoms with Crippen molar-refractivity contribution in [1.29, 1.82) is 0 Å². The van der Waals surface area contributed by atoms with Gasteiger partial charge < -0.3 is 5.32 Å². The van der Waals surface area contributed by atoms with Gasteiger partial charge >= 0.3 is 5.69 Å². The molecule has 2 aromatic rings. The lowest BCUT2D eigenvalue weighted by atomic mass is 10.2. The Kier molecular flexibility index (Phi) is 5.62. The van der Waals surface area contributed by atoms with Gasteiger partial charge in [0.05, 0.1) is 10.7 Å². The lowest BCUT2D eigenvalue weighted by Gasteiger charge is -2.07. The molecule has 0 bridgehead atoms. The van der Waals surface area contributed by atoms with Gasteiger partial charge in [0.1, 0.15) is 17.6 Å². The number of amides is 1. The van der Waals surface area contributed by atoms with Crippen LogP contribution < -0.4 is 5.32 Å². The Hall–Kier alpha value is -2.33. The molecule has 0 aliphatic heterocycles. The van der Waals surface area contributed by atoms with Crippen LogP contribution in [0.25, 0.3) is 0 Å². The summed E-state index contributed by atoms with van der Waals surface area (Å²) in [5.41, 5.74) is 0.0277. The number of nitro groups is 1. The molecule has 1 aromatic heterocycles. The molecule has 0 atom stereocenters. The summed E-state index contributed by atoms with van der Waals surface area (Å²) in [6, 6.07) is 7.95. The average molecular weight is 414 g/mol. The molecule has 0 fully saturated rings. The highest BCUT2D eigenvalue weighted by molar-refractivity contribution is 9.10. The number of sulfone groups is 1. The summed E-state index contributed by atoms with van der Waals surface area (Å²) in [7, 11) is -3.72. The molecule has 24 heavy (non-hydrogen) atoms. The molecule has 1 N–H and O–H groups in total. The number of nitrogens with one attached hydrogen (secondary N) is 1. The maximum atomic E-state index is 12.1. The van der Waals surface area contributed by atoms with E-state index < -0.39 is 32.1 Å². The Morgan fingerprint density at radius 1 is 1.33 bits per heavy atom. The van der Waals surface area contributed by atoms with Crippen LogP contribution in [0, 0.1) is 10.1 Å². The van der Waals surface area contributed by atoms with Gasteiger partial charge in [-0.15, -0.1) is 0 Å². The second-order valence-corrected chi connectivity index (χ2v) is 7.84. The van der Waals surface area contributed by atoms with E-state index in [4.69, 9.17) is 0 Å². The maximum absolute atomic E-state index is 12.1. The number of hydrogen-bond donors (Lipinski definition) is 1. The predicted molar refractivity (Wildman–Crippen MR) is 91.2 cm³/mol. The van der Waals surface area contributed by atoms with Crippen LogP contribution in [-0.2, 0) is 20.4 Å². The SMILES string of the molecule is O=C(CS(=O)(=O)Cc1cccc(Br)c1)Nc1ccncc1[N+](=O)[O-]. The first kappa shape index (κ1) is 18.0. The van der Waals surface area contributed by atoms with E-state index in [1.54, 1.807) is 24.3 Å². The van der Waals surface area contributed by atoms with Crippen molar-refractivity contribution in [3.8, 4) is 0 Å². The number of anilines is 1. The largest absolute Gasteiger partial charge is 0.319 e. The summed E-state index contributed by atoms with van der Waals surface area (Å²) in [6.45, 7) is 0. The number of carbonyl (C=O) groups excluding carboxylic acids is 1. The highest BCUT2D eigenvalue weighted by Crippen LogP contribution is 2.22. The van der Waals surface area contributed by atoms with Crippen molar-refractivity contribution in [2.24, 2.45) is 0 Å². The molecule has 8 nitrogen and oxygen atoms in total. The van der Waals surface area contributed by atoms with Crippen LogP contribution in [0.5, 0.6) is 0 Å². The third-order valence-electron chi connectivity index (χ3n) is 2.90. The summed E-state index contributed by atoms with van der Waals surface area (Å²) in [5.74, 6) is -1.93. The third kappa shape index (κ3) is 5.10. The van der Waals surface area contributed by atoms with Crippen LogP contribution in [0.15, 0.2) is 47.2 Å². The van der Waals surface area contributed by atoms with Crippen molar-refractivity contribution in [2.45, 2.75) is 5.75 Å². The summed E-state index contributed by atoms with van der Waals surface area (Å²) in [6.07, 6.45) is 2.24. The number of carbonyl (C=O) groups is 1. The van der Waals surface area contributed by atoms with Gasteiger partial charge in [0.25, 0.3) is 0 Å². The van der Waals surface area contributed by atoms with E-state index in [-0.39, 0.29) is 11.4 Å². The topological polar surface area (TPSA) is 119 Å². The van der Waals surface area contributed by atoms with Crippen molar-refractivity contribution in [3.63, 3.8) is 0 Å². The fourth-order valence-electron chi connectivity index (χ4n) is 1.96. The first-order chi connectivity index (χ1) is 11.3. The van der Waals surface area contributed by atoms with Gasteiger partial charge in [-0.2, -0.15) is 0 Å². The van der Waals surface area contributed by atoms with Crippen molar-refractivity contribution in [3.05, 3.63) is 62.9 Å². The third-order valence-corrected chi connectivity index (χ3v) is 4.87. The highest BCUT2D eigenvalue weighted by atomic mass is 79.9. The van der Waals surface area contributed by atoms with Crippen LogP contribution >= 0.6 is 15.9 Å². The summed E-state index contributed by atoms with van der Waals surface area (Å²) in [5, 5.41) is 13.1. The number of pyridine rings is 1. The van der Waals surface area contributed by atoms with Crippen LogP contribution in [0.1, 0.15) is 5.56 Å². The van der Waals surface area contributed by atoms with Gasteiger partial charge in [-0.1, -0.05) is 28.1 Å². The molecule has 0 saturated carbocycles. The van der Waals surface area contributed by atoms with E-state index in [1.165, 1.54) is 12.3 Å². The van der Waals surface area contributed by atoms with Gasteiger partial charge in [0.2, 0.25) is 5.91 Å². The Morgan fingerprint density at radius 3 is 2.75 bits per heavy atom. The molecule has 0 radical (unpaired) electrons. The molecule has 1 amide bonds. The first-order valence-corrected chi connectivity index (χ1v) is 9.21. The fourth-order valence-corrected chi connectivity index (χ4v) is 3.66. The van der Waals surface area contributed by atoms with E-state index in [0.717, 1.165) is 10.7 Å². The quantitative estimate of drug-likeness (QED) is 0.572. The number of hydrogen-bond acceptors (Lipinski definition) is 6. The van der Waals surface area contributed by atoms with Crippen molar-refractivity contribution in [1.82, 2.24) is 4.98 Å². The van der Waals surface area contributed by atoms with E-state index in [1.807, 2.05) is 0 Å². The molecule has 0 aliphatic rings. The number of halogens is 1. The van der Waals surface area contributed by atoms with Gasteiger partial charge in [-0.05, 0) is 23.8 Å². The van der Waals surface area contributed by atoms with Gasteiger partial charge in [-0.3, -0.25) is 19.9 Å². The summed E-state index contributed by atoms with van der Waals surface area (Å²) < 4.78 is 24.9. The molecule has 0 aliphatic carbocycles. The molecule has 0 saturated heterocycles. The lowest BCUT2D eigenvalue weighted by Crippen LogP contribution is -2.24. The Labute approximate surface area is 146 Å². The molecular weight excluding hydrogens is 402 g/mol. The maximum Gasteiger partial charge on any atom is 0.310 e. The molecule has 126 valence electrons. The zero-order chi connectivity index (χ0) is 17.7. The smallest absolute Gasteiger partial charge is 0.310 e. The molecular formula is C14H12BrN3O5S. The monoisotopic (exact) mass is 413 g/mol. The van der Waals surface area contributed by atoms with Crippen molar-refractivity contribution < 1.29 is 18.1 Å². The van der Waals surface area contributed by atoms with Gasteiger partial charge in [0, 0.05) is 10.7 Å². The minimum absolute atomic E-state index is 0.0994. The van der Waals surface area contributed by atoms with E-state index in [9.17, 15) is 23.3 Å². The van der Waals surface area contributed by atoms with Crippen LogP contribution in [-0.4, -0.2) is 30.0 Å². The van der Waals surface area contributed by atoms with Crippen LogP contribution in [0.3, 0.4) is 0 Å².